The number of esters is 1. The van der Waals surface area contributed by atoms with E-state index in [1.54, 1.807) is 17.8 Å². The number of ether oxygens (including phenoxy) is 4. The van der Waals surface area contributed by atoms with E-state index in [0.717, 1.165) is 22.5 Å². The number of benzene rings is 2. The fourth-order valence-corrected chi connectivity index (χ4v) is 5.43. The maximum Gasteiger partial charge on any atom is 0.490 e. The molecule has 15 heteroatoms. The number of piperazine rings is 1. The highest BCUT2D eigenvalue weighted by Crippen LogP contribution is 2.40. The van der Waals surface area contributed by atoms with Crippen LogP contribution in [-0.4, -0.2) is 95.6 Å². The molecule has 0 amide bonds. The summed E-state index contributed by atoms with van der Waals surface area (Å²) in [6.45, 7) is 3.59. The number of nitrogens with one attached hydrogen (secondary N) is 1. The number of rotatable bonds is 8. The van der Waals surface area contributed by atoms with E-state index in [1.807, 2.05) is 53.4 Å². The van der Waals surface area contributed by atoms with Crippen LogP contribution in [0.5, 0.6) is 17.2 Å². The lowest BCUT2D eigenvalue weighted by atomic mass is 10.1. The number of para-hydroxylation sites is 1. The first-order valence-corrected chi connectivity index (χ1v) is 14.3. The summed E-state index contributed by atoms with van der Waals surface area (Å²) >= 11 is 0. The molecule has 238 valence electrons. The van der Waals surface area contributed by atoms with Crippen molar-refractivity contribution in [3.63, 3.8) is 0 Å². The highest BCUT2D eigenvalue weighted by Gasteiger charge is 2.44. The topological polar surface area (TPSA) is 123 Å². The number of nitrogens with zero attached hydrogens (tertiary/aromatic N) is 5. The Labute approximate surface area is 255 Å². The second-order valence-corrected chi connectivity index (χ2v) is 10.5. The van der Waals surface area contributed by atoms with Crippen LogP contribution in [-0.2, 0) is 9.53 Å². The van der Waals surface area contributed by atoms with Crippen LogP contribution < -0.4 is 24.4 Å². The van der Waals surface area contributed by atoms with Crippen LogP contribution in [0.3, 0.4) is 0 Å². The average Bonchev–Trinajstić information content (AvgIpc) is 3.46. The quantitative estimate of drug-likeness (QED) is 0.277. The third-order valence-electron chi connectivity index (χ3n) is 7.58. The van der Waals surface area contributed by atoms with E-state index in [9.17, 15) is 23.1 Å². The minimum Gasteiger partial charge on any atom is -0.494 e. The van der Waals surface area contributed by atoms with Crippen molar-refractivity contribution in [2.24, 2.45) is 0 Å². The summed E-state index contributed by atoms with van der Waals surface area (Å²) < 4.78 is 61.9. The molecule has 2 N–H and O–H groups in total. The van der Waals surface area contributed by atoms with E-state index < -0.39 is 24.5 Å². The second kappa shape index (κ2) is 12.3. The number of alkyl halides is 3. The number of hydrogen-bond acceptors (Lipinski definition) is 11. The zero-order chi connectivity index (χ0) is 31.7. The molecule has 1 fully saturated rings. The first kappa shape index (κ1) is 30.3. The Hall–Kier alpha value is -4.76. The van der Waals surface area contributed by atoms with Gasteiger partial charge in [0.25, 0.3) is 0 Å². The largest absolute Gasteiger partial charge is 0.494 e. The zero-order valence-corrected chi connectivity index (χ0v) is 24.5. The number of methoxy groups -OCH3 is 1. The normalized spacial score (nSPS) is 16.7. The molecule has 12 nitrogen and oxygen atoms in total. The molecule has 0 aliphatic carbocycles. The smallest absolute Gasteiger partial charge is 0.490 e. The highest BCUT2D eigenvalue weighted by molar-refractivity contribution is 5.76. The molecule has 2 aromatic carbocycles. The monoisotopic (exact) mass is 628 g/mol. The molecule has 4 heterocycles. The molecule has 6 rings (SSSR count). The minimum atomic E-state index is -5.14. The second-order valence-electron chi connectivity index (χ2n) is 10.5. The van der Waals surface area contributed by atoms with Crippen LogP contribution in [0.4, 0.5) is 30.5 Å². The Kier molecular flexibility index (Phi) is 8.29. The number of aliphatic hydroxyl groups excluding tert-OH is 1. The van der Waals surface area contributed by atoms with E-state index in [4.69, 9.17) is 19.3 Å². The first-order chi connectivity index (χ1) is 21.6. The molecule has 2 atom stereocenters. The van der Waals surface area contributed by atoms with E-state index in [2.05, 4.69) is 15.0 Å². The Morgan fingerprint density at radius 3 is 2.58 bits per heavy atom. The van der Waals surface area contributed by atoms with Crippen molar-refractivity contribution < 1.29 is 42.0 Å². The summed E-state index contributed by atoms with van der Waals surface area (Å²) in [6.07, 6.45) is -6.15. The van der Waals surface area contributed by atoms with Crippen molar-refractivity contribution in [3.8, 4) is 28.5 Å². The Balaban J connectivity index is 1.17. The number of fused-ring (bicyclic) bond motifs is 2. The maximum absolute atomic E-state index is 12.7. The van der Waals surface area contributed by atoms with Gasteiger partial charge in [-0.1, -0.05) is 6.07 Å². The SMILES string of the molecule is COc1cc(N2CCN(C(OC(=O)C(F)(F)F)[C@H](C)O)CC2)ccc1Nc1ncc2ccc(-c3cccc4c3OCCO4)n2n1. The van der Waals surface area contributed by atoms with Gasteiger partial charge < -0.3 is 34.3 Å². The number of aliphatic hydroxyl groups is 1. The number of anilines is 3. The van der Waals surface area contributed by atoms with E-state index in [1.165, 1.54) is 11.8 Å². The number of aromatic nitrogens is 3. The zero-order valence-electron chi connectivity index (χ0n) is 24.5. The van der Waals surface area contributed by atoms with Crippen molar-refractivity contribution >= 4 is 28.8 Å². The summed E-state index contributed by atoms with van der Waals surface area (Å²) in [5.74, 6) is -0.129. The third-order valence-corrected chi connectivity index (χ3v) is 7.58. The van der Waals surface area contributed by atoms with Crippen molar-refractivity contribution in [2.45, 2.75) is 25.4 Å². The maximum atomic E-state index is 12.7. The molecule has 0 bridgehead atoms. The van der Waals surface area contributed by atoms with Gasteiger partial charge in [0.1, 0.15) is 25.1 Å². The van der Waals surface area contributed by atoms with Crippen LogP contribution in [0.25, 0.3) is 16.8 Å². The van der Waals surface area contributed by atoms with Crippen LogP contribution in [0, 0.1) is 0 Å². The standard InChI is InChI=1S/C30H31F3N6O6/c1-18(40)27(45-28(41)30(31,32)33)38-12-10-37(11-13-38)19-6-8-22(25(16-19)42-2)35-29-34-17-20-7-9-23(39(20)36-29)21-4-3-5-24-26(21)44-15-14-43-24/h3-9,16-18,27,40H,10-15H2,1-2H3,(H,35,36)/t18-,27?/m0/s1. The fourth-order valence-electron chi connectivity index (χ4n) is 5.43. The van der Waals surface area contributed by atoms with Gasteiger partial charge in [0, 0.05) is 43.5 Å². The van der Waals surface area contributed by atoms with Crippen LogP contribution in [0.2, 0.25) is 0 Å². The molecular weight excluding hydrogens is 597 g/mol. The van der Waals surface area contributed by atoms with Gasteiger partial charge in [-0.25, -0.2) is 14.3 Å². The molecular formula is C30H31F3N6O6. The van der Waals surface area contributed by atoms with Gasteiger partial charge >= 0.3 is 12.1 Å². The van der Waals surface area contributed by atoms with E-state index in [0.29, 0.717) is 55.2 Å². The molecule has 2 aliphatic heterocycles. The highest BCUT2D eigenvalue weighted by atomic mass is 19.4. The minimum absolute atomic E-state index is 0.262. The Morgan fingerprint density at radius 2 is 1.84 bits per heavy atom. The van der Waals surface area contributed by atoms with Crippen LogP contribution >= 0.6 is 0 Å². The van der Waals surface area contributed by atoms with Crippen LogP contribution in [0.15, 0.2) is 54.7 Å². The van der Waals surface area contributed by atoms with Gasteiger partial charge in [0.15, 0.2) is 17.7 Å². The van der Waals surface area contributed by atoms with Gasteiger partial charge in [-0.2, -0.15) is 13.2 Å². The Bertz CT molecular complexity index is 1690. The molecule has 1 unspecified atom stereocenters. The van der Waals surface area contributed by atoms with E-state index in [-0.39, 0.29) is 13.1 Å². The first-order valence-electron chi connectivity index (χ1n) is 14.3. The van der Waals surface area contributed by atoms with Crippen LogP contribution in [0.1, 0.15) is 6.92 Å². The number of hydrogen-bond donors (Lipinski definition) is 2. The lowest BCUT2D eigenvalue weighted by Crippen LogP contribution is -2.55. The summed E-state index contributed by atoms with van der Waals surface area (Å²) in [6, 6.07) is 15.1. The van der Waals surface area contributed by atoms with Crippen molar-refractivity contribution in [2.75, 3.05) is 56.7 Å². The van der Waals surface area contributed by atoms with Gasteiger partial charge in [0.05, 0.1) is 30.2 Å². The molecule has 4 aromatic rings. The molecule has 0 saturated carbocycles. The van der Waals surface area contributed by atoms with Gasteiger partial charge in [-0.3, -0.25) is 4.90 Å². The van der Waals surface area contributed by atoms with Gasteiger partial charge in [-0.15, -0.1) is 5.10 Å². The number of halogens is 3. The summed E-state index contributed by atoms with van der Waals surface area (Å²) in [5, 5.41) is 17.9. The molecule has 0 spiro atoms. The number of carbonyl (C=O) groups excluding carboxylic acids is 1. The van der Waals surface area contributed by atoms with Crippen molar-refractivity contribution in [3.05, 3.63) is 54.7 Å². The molecule has 2 aliphatic rings. The van der Waals surface area contributed by atoms with Crippen molar-refractivity contribution in [1.29, 1.82) is 0 Å². The predicted molar refractivity (Wildman–Crippen MR) is 157 cm³/mol. The lowest BCUT2D eigenvalue weighted by molar-refractivity contribution is -0.220. The van der Waals surface area contributed by atoms with Gasteiger partial charge in [-0.05, 0) is 43.3 Å². The third kappa shape index (κ3) is 6.26. The molecule has 1 saturated heterocycles. The van der Waals surface area contributed by atoms with E-state index >= 15 is 0 Å². The Morgan fingerprint density at radius 1 is 1.07 bits per heavy atom. The summed E-state index contributed by atoms with van der Waals surface area (Å²) in [4.78, 5) is 19.4. The average molecular weight is 629 g/mol. The molecule has 2 aromatic heterocycles. The molecule has 45 heavy (non-hydrogen) atoms. The predicted octanol–water partition coefficient (Wildman–Crippen LogP) is 3.85. The summed E-state index contributed by atoms with van der Waals surface area (Å²) in [5.41, 5.74) is 3.88. The van der Waals surface area contributed by atoms with Crippen molar-refractivity contribution in [1.82, 2.24) is 19.5 Å². The molecule has 0 radical (unpaired) electrons. The van der Waals surface area contributed by atoms with Gasteiger partial charge in [0.2, 0.25) is 5.95 Å². The lowest BCUT2D eigenvalue weighted by Gasteiger charge is -2.40. The fraction of sp³-hybridized carbons (Fsp3) is 0.367. The number of carbonyl (C=O) groups is 1. The summed E-state index contributed by atoms with van der Waals surface area (Å²) in [7, 11) is 1.54.